The molecular weight excluding hydrogens is 204 g/mol. The highest BCUT2D eigenvalue weighted by atomic mass is 16.8. The van der Waals surface area contributed by atoms with Gasteiger partial charge in [0.2, 0.25) is 0 Å². The van der Waals surface area contributed by atoms with E-state index >= 15 is 0 Å². The molecule has 0 spiro atoms. The first-order valence-corrected chi connectivity index (χ1v) is 6.68. The minimum absolute atomic E-state index is 0.0545. The van der Waals surface area contributed by atoms with Crippen molar-refractivity contribution in [2.75, 3.05) is 13.2 Å². The van der Waals surface area contributed by atoms with Crippen LogP contribution in [0.1, 0.15) is 46.0 Å². The van der Waals surface area contributed by atoms with Gasteiger partial charge in [0, 0.05) is 0 Å². The standard InChI is InChI=1S/C13H24O3/c1-3-12-13(16-12)15-8-7-14-11-6-4-5-10(2)9-11/h10-13H,3-9H2,1-2H3/t10-,11?,12?,13?/m0/s1. The average molecular weight is 228 g/mol. The van der Waals surface area contributed by atoms with E-state index in [2.05, 4.69) is 13.8 Å². The second-order valence-electron chi connectivity index (χ2n) is 5.09. The first-order valence-electron chi connectivity index (χ1n) is 6.68. The molecule has 2 fully saturated rings. The lowest BCUT2D eigenvalue weighted by Gasteiger charge is -2.26. The Hall–Kier alpha value is -0.120. The molecule has 0 aromatic rings. The van der Waals surface area contributed by atoms with E-state index in [1.165, 1.54) is 25.7 Å². The molecule has 3 nitrogen and oxygen atoms in total. The molecular formula is C13H24O3. The van der Waals surface area contributed by atoms with Gasteiger partial charge in [-0.05, 0) is 25.2 Å². The van der Waals surface area contributed by atoms with Crippen LogP contribution in [-0.4, -0.2) is 31.7 Å². The fourth-order valence-electron chi connectivity index (χ4n) is 2.47. The molecule has 0 aromatic carbocycles. The molecule has 1 aliphatic heterocycles. The van der Waals surface area contributed by atoms with Crippen molar-refractivity contribution in [3.63, 3.8) is 0 Å². The van der Waals surface area contributed by atoms with Gasteiger partial charge in [-0.2, -0.15) is 0 Å². The Balaban J connectivity index is 1.48. The third kappa shape index (κ3) is 3.72. The van der Waals surface area contributed by atoms with Gasteiger partial charge in [0.05, 0.1) is 19.3 Å². The van der Waals surface area contributed by atoms with Crippen molar-refractivity contribution < 1.29 is 14.2 Å². The predicted octanol–water partition coefficient (Wildman–Crippen LogP) is 2.73. The van der Waals surface area contributed by atoms with Crippen LogP contribution in [0.5, 0.6) is 0 Å². The zero-order valence-electron chi connectivity index (χ0n) is 10.5. The summed E-state index contributed by atoms with van der Waals surface area (Å²) < 4.78 is 16.6. The monoisotopic (exact) mass is 228 g/mol. The topological polar surface area (TPSA) is 31.0 Å². The molecule has 0 bridgehead atoms. The van der Waals surface area contributed by atoms with E-state index in [1.807, 2.05) is 0 Å². The quantitative estimate of drug-likeness (QED) is 0.517. The molecule has 4 atom stereocenters. The third-order valence-electron chi connectivity index (χ3n) is 3.55. The minimum Gasteiger partial charge on any atom is -0.376 e. The first-order chi connectivity index (χ1) is 7.79. The molecule has 1 aliphatic carbocycles. The van der Waals surface area contributed by atoms with Gasteiger partial charge < -0.3 is 14.2 Å². The van der Waals surface area contributed by atoms with E-state index in [1.54, 1.807) is 0 Å². The van der Waals surface area contributed by atoms with E-state index < -0.39 is 0 Å². The summed E-state index contributed by atoms with van der Waals surface area (Å²) in [5.41, 5.74) is 0. The van der Waals surface area contributed by atoms with Crippen LogP contribution in [0.2, 0.25) is 0 Å². The van der Waals surface area contributed by atoms with Crippen LogP contribution >= 0.6 is 0 Å². The first kappa shape index (κ1) is 12.3. The molecule has 16 heavy (non-hydrogen) atoms. The van der Waals surface area contributed by atoms with Gasteiger partial charge in [0.1, 0.15) is 6.10 Å². The lowest BCUT2D eigenvalue weighted by atomic mass is 9.89. The summed E-state index contributed by atoms with van der Waals surface area (Å²) in [7, 11) is 0. The highest BCUT2D eigenvalue weighted by molar-refractivity contribution is 4.74. The Kier molecular flexibility index (Phi) is 4.62. The van der Waals surface area contributed by atoms with Crippen molar-refractivity contribution >= 4 is 0 Å². The molecule has 2 rings (SSSR count). The zero-order valence-corrected chi connectivity index (χ0v) is 10.5. The summed E-state index contributed by atoms with van der Waals surface area (Å²) in [5, 5.41) is 0. The summed E-state index contributed by atoms with van der Waals surface area (Å²) in [6.45, 7) is 5.82. The smallest absolute Gasteiger partial charge is 0.184 e. The molecule has 1 saturated heterocycles. The van der Waals surface area contributed by atoms with E-state index in [9.17, 15) is 0 Å². The van der Waals surface area contributed by atoms with Crippen molar-refractivity contribution in [2.45, 2.75) is 64.4 Å². The summed E-state index contributed by atoms with van der Waals surface area (Å²) in [4.78, 5) is 0. The second kappa shape index (κ2) is 5.99. The Labute approximate surface area is 98.4 Å². The average Bonchev–Trinajstić information content (AvgIpc) is 3.03. The number of hydrogen-bond acceptors (Lipinski definition) is 3. The van der Waals surface area contributed by atoms with Crippen LogP contribution in [0.4, 0.5) is 0 Å². The van der Waals surface area contributed by atoms with Crippen LogP contribution in [-0.2, 0) is 14.2 Å². The summed E-state index contributed by atoms with van der Waals surface area (Å²) in [5.74, 6) is 0.830. The molecule has 2 aliphatic rings. The van der Waals surface area contributed by atoms with Crippen molar-refractivity contribution in [1.29, 1.82) is 0 Å². The van der Waals surface area contributed by atoms with Gasteiger partial charge in [-0.25, -0.2) is 0 Å². The molecule has 0 aromatic heterocycles. The number of ether oxygens (including phenoxy) is 3. The molecule has 3 heteroatoms. The lowest BCUT2D eigenvalue weighted by Crippen LogP contribution is -2.23. The van der Waals surface area contributed by atoms with Crippen molar-refractivity contribution in [3.8, 4) is 0 Å². The Morgan fingerprint density at radius 1 is 1.19 bits per heavy atom. The molecule has 1 saturated carbocycles. The molecule has 0 radical (unpaired) electrons. The maximum Gasteiger partial charge on any atom is 0.184 e. The van der Waals surface area contributed by atoms with Gasteiger partial charge in [0.25, 0.3) is 0 Å². The Bertz CT molecular complexity index is 207. The highest BCUT2D eigenvalue weighted by Crippen LogP contribution is 2.27. The van der Waals surface area contributed by atoms with Gasteiger partial charge >= 0.3 is 0 Å². The number of hydrogen-bond donors (Lipinski definition) is 0. The van der Waals surface area contributed by atoms with Crippen molar-refractivity contribution in [2.24, 2.45) is 5.92 Å². The maximum atomic E-state index is 5.82. The van der Waals surface area contributed by atoms with Crippen molar-refractivity contribution in [1.82, 2.24) is 0 Å². The predicted molar refractivity (Wildman–Crippen MR) is 62.3 cm³/mol. The summed E-state index contributed by atoms with van der Waals surface area (Å²) in [6.07, 6.45) is 7.04. The van der Waals surface area contributed by atoms with E-state index in [4.69, 9.17) is 14.2 Å². The second-order valence-corrected chi connectivity index (χ2v) is 5.09. The summed E-state index contributed by atoms with van der Waals surface area (Å²) in [6, 6.07) is 0. The third-order valence-corrected chi connectivity index (χ3v) is 3.55. The maximum absolute atomic E-state index is 5.82. The molecule has 3 unspecified atom stereocenters. The fourth-order valence-corrected chi connectivity index (χ4v) is 2.47. The van der Waals surface area contributed by atoms with Gasteiger partial charge in [-0.3, -0.25) is 0 Å². The van der Waals surface area contributed by atoms with Crippen LogP contribution in [0.3, 0.4) is 0 Å². The lowest BCUT2D eigenvalue weighted by molar-refractivity contribution is -0.0367. The Morgan fingerprint density at radius 3 is 2.69 bits per heavy atom. The molecule has 94 valence electrons. The van der Waals surface area contributed by atoms with Gasteiger partial charge in [0.15, 0.2) is 6.29 Å². The Morgan fingerprint density at radius 2 is 2.00 bits per heavy atom. The minimum atomic E-state index is 0.0545. The van der Waals surface area contributed by atoms with Crippen LogP contribution in [0.15, 0.2) is 0 Å². The van der Waals surface area contributed by atoms with Gasteiger partial charge in [-0.15, -0.1) is 0 Å². The summed E-state index contributed by atoms with van der Waals surface area (Å²) >= 11 is 0. The SMILES string of the molecule is CCC1OC1OCCOC1CCC[C@H](C)C1. The van der Waals surface area contributed by atoms with Gasteiger partial charge in [-0.1, -0.05) is 26.7 Å². The molecule has 0 amide bonds. The fraction of sp³-hybridized carbons (Fsp3) is 1.00. The molecule has 0 N–H and O–H groups in total. The normalized spacial score (nSPS) is 38.6. The highest BCUT2D eigenvalue weighted by Gasteiger charge is 2.37. The van der Waals surface area contributed by atoms with E-state index in [0.29, 0.717) is 25.4 Å². The van der Waals surface area contributed by atoms with Crippen LogP contribution < -0.4 is 0 Å². The van der Waals surface area contributed by atoms with Crippen molar-refractivity contribution in [3.05, 3.63) is 0 Å². The van der Waals surface area contributed by atoms with Crippen LogP contribution in [0, 0.1) is 5.92 Å². The zero-order chi connectivity index (χ0) is 11.4. The molecule has 1 heterocycles. The van der Waals surface area contributed by atoms with Crippen LogP contribution in [0.25, 0.3) is 0 Å². The van der Waals surface area contributed by atoms with E-state index in [-0.39, 0.29) is 6.29 Å². The largest absolute Gasteiger partial charge is 0.376 e. The number of epoxide rings is 1. The van der Waals surface area contributed by atoms with E-state index in [0.717, 1.165) is 12.3 Å². The number of rotatable bonds is 6.